The number of fused-ring (bicyclic) bond motifs is 1. The number of hydrogen-bond donors (Lipinski definition) is 1. The molecule has 3 rings (SSSR count). The molecule has 2 nitrogen and oxygen atoms in total. The van der Waals surface area contributed by atoms with Crippen molar-refractivity contribution in [3.05, 3.63) is 0 Å². The van der Waals surface area contributed by atoms with Crippen molar-refractivity contribution in [2.75, 3.05) is 26.2 Å². The highest BCUT2D eigenvalue weighted by Gasteiger charge is 2.38. The molecule has 0 aromatic carbocycles. The normalized spacial score (nSPS) is 45.6. The standard InChI is InChI=1S/C14H26N2/c1-11-3-2-4-14(6-5-11)16-9-12-7-15-8-13(12)10-16/h11-15H,2-10H2,1H3/t11?,12-,13+,14?. The van der Waals surface area contributed by atoms with E-state index in [1.54, 1.807) is 0 Å². The van der Waals surface area contributed by atoms with E-state index in [4.69, 9.17) is 0 Å². The number of nitrogens with zero attached hydrogens (tertiary/aromatic N) is 1. The van der Waals surface area contributed by atoms with Crippen molar-refractivity contribution in [1.82, 2.24) is 10.2 Å². The highest BCUT2D eigenvalue weighted by molar-refractivity contribution is 4.93. The van der Waals surface area contributed by atoms with Crippen molar-refractivity contribution in [1.29, 1.82) is 0 Å². The van der Waals surface area contributed by atoms with Crippen molar-refractivity contribution in [3.8, 4) is 0 Å². The van der Waals surface area contributed by atoms with Gasteiger partial charge in [-0.15, -0.1) is 0 Å². The second-order valence-electron chi connectivity index (χ2n) is 6.40. The molecule has 1 saturated carbocycles. The van der Waals surface area contributed by atoms with Crippen molar-refractivity contribution in [3.63, 3.8) is 0 Å². The van der Waals surface area contributed by atoms with Crippen LogP contribution in [0, 0.1) is 17.8 Å². The molecule has 1 aliphatic carbocycles. The lowest BCUT2D eigenvalue weighted by Gasteiger charge is -2.27. The molecule has 3 aliphatic rings. The third kappa shape index (κ3) is 2.14. The Hall–Kier alpha value is -0.0800. The summed E-state index contributed by atoms with van der Waals surface area (Å²) in [6.07, 6.45) is 7.34. The SMILES string of the molecule is CC1CCCC(N2C[C@H]3CNC[C@H]3C2)CC1. The Morgan fingerprint density at radius 2 is 1.69 bits per heavy atom. The van der Waals surface area contributed by atoms with Crippen LogP contribution in [-0.2, 0) is 0 Å². The van der Waals surface area contributed by atoms with Gasteiger partial charge < -0.3 is 5.32 Å². The quantitative estimate of drug-likeness (QED) is 0.684. The minimum absolute atomic E-state index is 0.926. The van der Waals surface area contributed by atoms with E-state index in [0.717, 1.165) is 23.8 Å². The lowest BCUT2D eigenvalue weighted by molar-refractivity contribution is 0.205. The molecule has 0 amide bonds. The van der Waals surface area contributed by atoms with Gasteiger partial charge in [0, 0.05) is 19.1 Å². The third-order valence-corrected chi connectivity index (χ3v) is 5.16. The first-order valence-electron chi connectivity index (χ1n) is 7.27. The lowest BCUT2D eigenvalue weighted by Crippen LogP contribution is -2.35. The van der Waals surface area contributed by atoms with Crippen LogP contribution in [-0.4, -0.2) is 37.1 Å². The van der Waals surface area contributed by atoms with Crippen LogP contribution in [0.2, 0.25) is 0 Å². The fourth-order valence-corrected chi connectivity index (χ4v) is 4.02. The zero-order valence-corrected chi connectivity index (χ0v) is 10.6. The maximum absolute atomic E-state index is 3.54. The van der Waals surface area contributed by atoms with Gasteiger partial charge in [0.25, 0.3) is 0 Å². The Labute approximate surface area is 99.8 Å². The lowest BCUT2D eigenvalue weighted by atomic mass is 10.0. The Bertz CT molecular complexity index is 229. The van der Waals surface area contributed by atoms with Gasteiger partial charge in [-0.05, 0) is 50.1 Å². The smallest absolute Gasteiger partial charge is 0.00956 e. The second kappa shape index (κ2) is 4.66. The van der Waals surface area contributed by atoms with E-state index in [0.29, 0.717) is 0 Å². The molecular formula is C14H26N2. The first kappa shape index (κ1) is 11.0. The topological polar surface area (TPSA) is 15.3 Å². The average Bonchev–Trinajstić information content (AvgIpc) is 2.77. The van der Waals surface area contributed by atoms with Gasteiger partial charge in [0.1, 0.15) is 0 Å². The highest BCUT2D eigenvalue weighted by Crippen LogP contribution is 2.33. The molecule has 2 saturated heterocycles. The van der Waals surface area contributed by atoms with E-state index in [9.17, 15) is 0 Å². The summed E-state index contributed by atoms with van der Waals surface area (Å²) in [6.45, 7) is 7.77. The van der Waals surface area contributed by atoms with Gasteiger partial charge >= 0.3 is 0 Å². The Balaban J connectivity index is 1.57. The van der Waals surface area contributed by atoms with Crippen molar-refractivity contribution in [2.45, 2.75) is 45.1 Å². The van der Waals surface area contributed by atoms with Crippen LogP contribution in [0.15, 0.2) is 0 Å². The second-order valence-corrected chi connectivity index (χ2v) is 6.40. The first-order chi connectivity index (χ1) is 7.83. The summed E-state index contributed by atoms with van der Waals surface area (Å²) in [5.74, 6) is 2.93. The minimum atomic E-state index is 0.926. The average molecular weight is 222 g/mol. The summed E-state index contributed by atoms with van der Waals surface area (Å²) in [7, 11) is 0. The molecule has 3 fully saturated rings. The molecule has 0 aromatic rings. The van der Waals surface area contributed by atoms with Crippen LogP contribution in [0.3, 0.4) is 0 Å². The molecule has 2 heteroatoms. The fraction of sp³-hybridized carbons (Fsp3) is 1.00. The number of nitrogens with one attached hydrogen (secondary N) is 1. The summed E-state index contributed by atoms with van der Waals surface area (Å²) in [6, 6.07) is 0.926. The van der Waals surface area contributed by atoms with Crippen LogP contribution in [0.25, 0.3) is 0 Å². The Morgan fingerprint density at radius 3 is 2.44 bits per heavy atom. The highest BCUT2D eigenvalue weighted by atomic mass is 15.2. The zero-order chi connectivity index (χ0) is 11.0. The number of hydrogen-bond acceptors (Lipinski definition) is 2. The fourth-order valence-electron chi connectivity index (χ4n) is 4.02. The molecule has 92 valence electrons. The Morgan fingerprint density at radius 1 is 0.938 bits per heavy atom. The molecular weight excluding hydrogens is 196 g/mol. The summed E-state index contributed by atoms with van der Waals surface area (Å²) < 4.78 is 0. The van der Waals surface area contributed by atoms with Gasteiger partial charge in [-0.25, -0.2) is 0 Å². The number of likely N-dealkylation sites (tertiary alicyclic amines) is 1. The van der Waals surface area contributed by atoms with Crippen LogP contribution in [0.5, 0.6) is 0 Å². The Kier molecular flexibility index (Phi) is 3.21. The largest absolute Gasteiger partial charge is 0.316 e. The van der Waals surface area contributed by atoms with Crippen LogP contribution < -0.4 is 5.32 Å². The van der Waals surface area contributed by atoms with E-state index >= 15 is 0 Å². The van der Waals surface area contributed by atoms with Gasteiger partial charge in [-0.3, -0.25) is 4.90 Å². The van der Waals surface area contributed by atoms with Crippen LogP contribution >= 0.6 is 0 Å². The summed E-state index contributed by atoms with van der Waals surface area (Å²) >= 11 is 0. The molecule has 0 bridgehead atoms. The van der Waals surface area contributed by atoms with Gasteiger partial charge in [-0.2, -0.15) is 0 Å². The van der Waals surface area contributed by atoms with E-state index in [2.05, 4.69) is 17.1 Å². The van der Waals surface area contributed by atoms with Gasteiger partial charge in [0.15, 0.2) is 0 Å². The molecule has 4 atom stereocenters. The zero-order valence-electron chi connectivity index (χ0n) is 10.6. The van der Waals surface area contributed by atoms with Crippen molar-refractivity contribution < 1.29 is 0 Å². The van der Waals surface area contributed by atoms with Crippen molar-refractivity contribution in [2.24, 2.45) is 17.8 Å². The van der Waals surface area contributed by atoms with E-state index in [-0.39, 0.29) is 0 Å². The molecule has 2 aliphatic heterocycles. The summed E-state index contributed by atoms with van der Waals surface area (Å²) in [5, 5.41) is 3.54. The van der Waals surface area contributed by atoms with E-state index in [1.165, 1.54) is 58.3 Å². The molecule has 0 spiro atoms. The van der Waals surface area contributed by atoms with E-state index < -0.39 is 0 Å². The molecule has 2 unspecified atom stereocenters. The summed E-state index contributed by atoms with van der Waals surface area (Å²) in [4.78, 5) is 2.83. The maximum Gasteiger partial charge on any atom is 0.00956 e. The summed E-state index contributed by atoms with van der Waals surface area (Å²) in [5.41, 5.74) is 0. The third-order valence-electron chi connectivity index (χ3n) is 5.16. The number of rotatable bonds is 1. The van der Waals surface area contributed by atoms with Gasteiger partial charge in [0.05, 0.1) is 0 Å². The molecule has 0 aromatic heterocycles. The van der Waals surface area contributed by atoms with Crippen LogP contribution in [0.1, 0.15) is 39.0 Å². The van der Waals surface area contributed by atoms with Gasteiger partial charge in [-0.1, -0.05) is 19.8 Å². The minimum Gasteiger partial charge on any atom is -0.316 e. The molecule has 2 heterocycles. The van der Waals surface area contributed by atoms with Crippen molar-refractivity contribution >= 4 is 0 Å². The molecule has 1 N–H and O–H groups in total. The first-order valence-corrected chi connectivity index (χ1v) is 7.27. The van der Waals surface area contributed by atoms with Gasteiger partial charge in [0.2, 0.25) is 0 Å². The monoisotopic (exact) mass is 222 g/mol. The molecule has 0 radical (unpaired) electrons. The predicted octanol–water partition coefficient (Wildman–Crippen LogP) is 2.11. The van der Waals surface area contributed by atoms with Crippen LogP contribution in [0.4, 0.5) is 0 Å². The van der Waals surface area contributed by atoms with E-state index in [1.807, 2.05) is 0 Å². The predicted molar refractivity (Wildman–Crippen MR) is 67.5 cm³/mol. The molecule has 16 heavy (non-hydrogen) atoms. The maximum atomic E-state index is 3.54.